The molecule has 0 aliphatic carbocycles. The second-order valence-corrected chi connectivity index (χ2v) is 7.44. The van der Waals surface area contributed by atoms with Crippen molar-refractivity contribution in [3.05, 3.63) is 59.4 Å². The fourth-order valence-corrected chi connectivity index (χ4v) is 3.97. The first-order valence-corrected chi connectivity index (χ1v) is 10.0. The summed E-state index contributed by atoms with van der Waals surface area (Å²) in [5, 5.41) is 13.2. The number of amides is 1. The van der Waals surface area contributed by atoms with Gasteiger partial charge in [0.15, 0.2) is 0 Å². The number of hydrogen-bond acceptors (Lipinski definition) is 4. The van der Waals surface area contributed by atoms with E-state index >= 15 is 0 Å². The molecule has 1 fully saturated rings. The summed E-state index contributed by atoms with van der Waals surface area (Å²) in [7, 11) is 3.58. The van der Waals surface area contributed by atoms with E-state index in [9.17, 15) is 9.90 Å². The van der Waals surface area contributed by atoms with E-state index in [1.165, 1.54) is 0 Å². The first-order chi connectivity index (χ1) is 13.6. The third-order valence-electron chi connectivity index (χ3n) is 5.44. The first-order valence-electron chi connectivity index (χ1n) is 10.0. The van der Waals surface area contributed by atoms with Gasteiger partial charge in [-0.1, -0.05) is 36.8 Å². The van der Waals surface area contributed by atoms with Gasteiger partial charge in [-0.3, -0.25) is 9.69 Å². The number of carbonyl (C=O) groups excluding carboxylic acids is 1. The summed E-state index contributed by atoms with van der Waals surface area (Å²) in [6.07, 6.45) is 2.77. The summed E-state index contributed by atoms with van der Waals surface area (Å²) in [5.74, 6) is -0.0783. The third kappa shape index (κ3) is 5.01. The molecule has 28 heavy (non-hydrogen) atoms. The standard InChI is InChI=1S/C22H31N3O3/c1-23-22(27)21-12-11-19(24(21)2)20-10-6-7-13-25(20)14-18(26)16-28-15-17-8-4-3-5-9-17/h3-5,8-9,11-12,18,20,26H,6-7,10,13-16H2,1-2H3,(H,23,27)/t18-,20-/m0/s1. The Labute approximate surface area is 167 Å². The molecule has 1 aromatic heterocycles. The van der Waals surface area contributed by atoms with E-state index in [1.807, 2.05) is 54.1 Å². The number of ether oxygens (including phenoxy) is 1. The monoisotopic (exact) mass is 385 g/mol. The quantitative estimate of drug-likeness (QED) is 0.733. The van der Waals surface area contributed by atoms with Crippen molar-refractivity contribution in [3.63, 3.8) is 0 Å². The highest BCUT2D eigenvalue weighted by Gasteiger charge is 2.28. The zero-order valence-corrected chi connectivity index (χ0v) is 16.8. The van der Waals surface area contributed by atoms with Gasteiger partial charge in [0.2, 0.25) is 0 Å². The highest BCUT2D eigenvalue weighted by Crippen LogP contribution is 2.31. The van der Waals surface area contributed by atoms with E-state index in [-0.39, 0.29) is 11.9 Å². The van der Waals surface area contributed by atoms with Crippen LogP contribution in [0.2, 0.25) is 0 Å². The number of aromatic nitrogens is 1. The molecule has 0 unspecified atom stereocenters. The van der Waals surface area contributed by atoms with Gasteiger partial charge < -0.3 is 19.7 Å². The molecule has 1 amide bonds. The maximum atomic E-state index is 12.0. The fraction of sp³-hybridized carbons (Fsp3) is 0.500. The van der Waals surface area contributed by atoms with Crippen LogP contribution in [0.4, 0.5) is 0 Å². The Kier molecular flexibility index (Phi) is 7.25. The number of β-amino-alcohol motifs (C(OH)–C–C–N with tert-alkyl or cyclic N) is 1. The lowest BCUT2D eigenvalue weighted by molar-refractivity contribution is -0.00450. The van der Waals surface area contributed by atoms with E-state index in [0.717, 1.165) is 37.1 Å². The number of rotatable bonds is 8. The molecule has 1 aliphatic rings. The van der Waals surface area contributed by atoms with Crippen LogP contribution in [-0.2, 0) is 18.4 Å². The molecule has 2 N–H and O–H groups in total. The maximum absolute atomic E-state index is 12.0. The number of aliphatic hydroxyl groups is 1. The summed E-state index contributed by atoms with van der Waals surface area (Å²) < 4.78 is 7.68. The van der Waals surface area contributed by atoms with Crippen molar-refractivity contribution in [2.75, 3.05) is 26.7 Å². The molecule has 0 radical (unpaired) electrons. The molecule has 1 saturated heterocycles. The van der Waals surface area contributed by atoms with Crippen LogP contribution in [0.3, 0.4) is 0 Å². The number of aliphatic hydroxyl groups excluding tert-OH is 1. The molecule has 2 atom stereocenters. The normalized spacial score (nSPS) is 18.8. The van der Waals surface area contributed by atoms with Gasteiger partial charge in [0.25, 0.3) is 5.91 Å². The van der Waals surface area contributed by atoms with E-state index in [2.05, 4.69) is 10.2 Å². The number of piperidine rings is 1. The predicted octanol–water partition coefficient (Wildman–Crippen LogP) is 2.49. The van der Waals surface area contributed by atoms with Gasteiger partial charge in [0.1, 0.15) is 5.69 Å². The predicted molar refractivity (Wildman–Crippen MR) is 109 cm³/mol. The van der Waals surface area contributed by atoms with Gasteiger partial charge in [-0.05, 0) is 37.1 Å². The first kappa shape index (κ1) is 20.6. The van der Waals surface area contributed by atoms with E-state index in [1.54, 1.807) is 7.05 Å². The van der Waals surface area contributed by atoms with Gasteiger partial charge in [-0.25, -0.2) is 0 Å². The summed E-state index contributed by atoms with van der Waals surface area (Å²) >= 11 is 0. The molecule has 0 bridgehead atoms. The number of nitrogens with zero attached hydrogens (tertiary/aromatic N) is 2. The lowest BCUT2D eigenvalue weighted by Crippen LogP contribution is -2.41. The number of likely N-dealkylation sites (tertiary alicyclic amines) is 1. The van der Waals surface area contributed by atoms with Crippen molar-refractivity contribution in [1.29, 1.82) is 0 Å². The molecule has 6 nitrogen and oxygen atoms in total. The Morgan fingerprint density at radius 1 is 1.25 bits per heavy atom. The van der Waals surface area contributed by atoms with E-state index < -0.39 is 6.10 Å². The lowest BCUT2D eigenvalue weighted by Gasteiger charge is -2.37. The highest BCUT2D eigenvalue weighted by molar-refractivity contribution is 5.92. The van der Waals surface area contributed by atoms with E-state index in [4.69, 9.17) is 4.74 Å². The minimum absolute atomic E-state index is 0.0783. The highest BCUT2D eigenvalue weighted by atomic mass is 16.5. The van der Waals surface area contributed by atoms with Gasteiger partial charge in [-0.15, -0.1) is 0 Å². The van der Waals surface area contributed by atoms with Crippen LogP contribution < -0.4 is 5.32 Å². The van der Waals surface area contributed by atoms with Crippen LogP contribution in [0.1, 0.15) is 47.1 Å². The third-order valence-corrected chi connectivity index (χ3v) is 5.44. The smallest absolute Gasteiger partial charge is 0.267 e. The largest absolute Gasteiger partial charge is 0.389 e. The lowest BCUT2D eigenvalue weighted by atomic mass is 9.99. The van der Waals surface area contributed by atoms with Crippen molar-refractivity contribution in [2.45, 2.75) is 38.0 Å². The summed E-state index contributed by atoms with van der Waals surface area (Å²) in [6, 6.07) is 14.1. The Bertz CT molecular complexity index is 760. The van der Waals surface area contributed by atoms with Crippen molar-refractivity contribution in [1.82, 2.24) is 14.8 Å². The van der Waals surface area contributed by atoms with Crippen LogP contribution in [0.15, 0.2) is 42.5 Å². The number of benzene rings is 1. The molecule has 1 aromatic carbocycles. The van der Waals surface area contributed by atoms with Crippen LogP contribution >= 0.6 is 0 Å². The molecule has 2 aromatic rings. The zero-order valence-electron chi connectivity index (χ0n) is 16.8. The second-order valence-electron chi connectivity index (χ2n) is 7.44. The molecule has 0 spiro atoms. The Hall–Kier alpha value is -2.15. The summed E-state index contributed by atoms with van der Waals surface area (Å²) in [4.78, 5) is 14.3. The number of carbonyl (C=O) groups is 1. The van der Waals surface area contributed by atoms with Gasteiger partial charge in [0.05, 0.1) is 25.4 Å². The SMILES string of the molecule is CNC(=O)c1ccc([C@@H]2CCCCN2C[C@H](O)COCc2ccccc2)n1C. The van der Waals surface area contributed by atoms with Crippen molar-refractivity contribution < 1.29 is 14.6 Å². The summed E-state index contributed by atoms with van der Waals surface area (Å²) in [6.45, 7) is 2.34. The Balaban J connectivity index is 1.58. The molecular formula is C22H31N3O3. The van der Waals surface area contributed by atoms with Crippen LogP contribution in [0.25, 0.3) is 0 Å². The minimum Gasteiger partial charge on any atom is -0.389 e. The Morgan fingerprint density at radius 2 is 2.04 bits per heavy atom. The minimum atomic E-state index is -0.539. The molecule has 152 valence electrons. The molecule has 6 heteroatoms. The van der Waals surface area contributed by atoms with Crippen LogP contribution in [0.5, 0.6) is 0 Å². The molecule has 2 heterocycles. The number of nitrogens with one attached hydrogen (secondary N) is 1. The molecular weight excluding hydrogens is 354 g/mol. The van der Waals surface area contributed by atoms with Crippen molar-refractivity contribution in [2.24, 2.45) is 7.05 Å². The van der Waals surface area contributed by atoms with E-state index in [0.29, 0.717) is 25.5 Å². The molecule has 1 aliphatic heterocycles. The van der Waals surface area contributed by atoms with Crippen molar-refractivity contribution >= 4 is 5.91 Å². The molecule has 0 saturated carbocycles. The van der Waals surface area contributed by atoms with Gasteiger partial charge in [-0.2, -0.15) is 0 Å². The van der Waals surface area contributed by atoms with Gasteiger partial charge in [0, 0.05) is 26.3 Å². The van der Waals surface area contributed by atoms with Crippen molar-refractivity contribution in [3.8, 4) is 0 Å². The average molecular weight is 386 g/mol. The fourth-order valence-electron chi connectivity index (χ4n) is 3.97. The second kappa shape index (κ2) is 9.87. The Morgan fingerprint density at radius 3 is 2.79 bits per heavy atom. The maximum Gasteiger partial charge on any atom is 0.267 e. The average Bonchev–Trinajstić information content (AvgIpc) is 3.10. The zero-order chi connectivity index (χ0) is 19.9. The summed E-state index contributed by atoms with van der Waals surface area (Å²) in [5.41, 5.74) is 2.89. The topological polar surface area (TPSA) is 66.7 Å². The number of hydrogen-bond donors (Lipinski definition) is 2. The van der Waals surface area contributed by atoms with Crippen LogP contribution in [-0.4, -0.2) is 53.3 Å². The molecule has 3 rings (SSSR count). The van der Waals surface area contributed by atoms with Crippen LogP contribution in [0, 0.1) is 0 Å². The van der Waals surface area contributed by atoms with Gasteiger partial charge >= 0.3 is 0 Å².